The molecule has 7 amide bonds. The molecule has 0 bridgehead atoms. The lowest BCUT2D eigenvalue weighted by Gasteiger charge is -2.38. The highest BCUT2D eigenvalue weighted by Crippen LogP contribution is 2.43. The molecule has 3 saturated carbocycles. The van der Waals surface area contributed by atoms with E-state index in [4.69, 9.17) is 0 Å². The third kappa shape index (κ3) is 8.72. The normalized spacial score (nSPS) is 27.2. The number of ketones is 1. The van der Waals surface area contributed by atoms with Crippen LogP contribution < -0.4 is 31.9 Å². The van der Waals surface area contributed by atoms with Gasteiger partial charge in [0.15, 0.2) is 0 Å². The Bertz CT molecular complexity index is 1310. The van der Waals surface area contributed by atoms with Gasteiger partial charge in [-0.3, -0.25) is 28.8 Å². The molecule has 49 heavy (non-hydrogen) atoms. The molecule has 0 spiro atoms. The first kappa shape index (κ1) is 36.6. The van der Waals surface area contributed by atoms with E-state index in [9.17, 15) is 33.6 Å². The molecule has 5 fully saturated rings. The van der Waals surface area contributed by atoms with Crippen LogP contribution in [0.4, 0.5) is 4.79 Å². The number of nitrogens with zero attached hydrogens (tertiary/aromatic N) is 1. The Morgan fingerprint density at radius 2 is 1.59 bits per heavy atom. The standard InChI is InChI=1S/C35H55N7O7/c1-5-10-23(27(43)32(47)37-21-15-16-21)38-31(46)26-22-14-9-13-20(22)18-42(26)33(48)28(35(2,3)4)41-30(45)25(19-11-7-6-8-12-19)40-29(44)24-17-36-34(49)39-24/h19-26,28H,5-18H2,1-4H3,(H,37,47)(H,38,46)(H,40,44)(H,41,45)(H2,36,39,49)/t20-,22-,23-,24-,25-,26-,28+/m0/s1. The van der Waals surface area contributed by atoms with E-state index < -0.39 is 71.1 Å². The van der Waals surface area contributed by atoms with E-state index in [1.165, 1.54) is 0 Å². The first-order valence-corrected chi connectivity index (χ1v) is 18.4. The third-order valence-corrected chi connectivity index (χ3v) is 11.0. The molecule has 2 heterocycles. The number of carbonyl (C=O) groups is 7. The van der Waals surface area contributed by atoms with Crippen molar-refractivity contribution in [2.45, 2.75) is 141 Å². The van der Waals surface area contributed by atoms with Gasteiger partial charge in [-0.1, -0.05) is 59.8 Å². The second-order valence-electron chi connectivity index (χ2n) is 15.9. The number of urea groups is 1. The van der Waals surface area contributed by atoms with Crippen LogP contribution in [0.1, 0.15) is 105 Å². The van der Waals surface area contributed by atoms with Crippen molar-refractivity contribution in [1.29, 1.82) is 0 Å². The lowest BCUT2D eigenvalue weighted by molar-refractivity contribution is -0.146. The number of hydrogen-bond donors (Lipinski definition) is 6. The highest BCUT2D eigenvalue weighted by Gasteiger charge is 2.52. The zero-order chi connectivity index (χ0) is 35.5. The maximum Gasteiger partial charge on any atom is 0.315 e. The predicted octanol–water partition coefficient (Wildman–Crippen LogP) is 1.02. The Kier molecular flexibility index (Phi) is 11.5. The van der Waals surface area contributed by atoms with Crippen molar-refractivity contribution in [2.24, 2.45) is 23.2 Å². The second kappa shape index (κ2) is 15.5. The van der Waals surface area contributed by atoms with Crippen LogP contribution in [0, 0.1) is 23.2 Å². The lowest BCUT2D eigenvalue weighted by atomic mass is 9.82. The van der Waals surface area contributed by atoms with Gasteiger partial charge < -0.3 is 36.8 Å². The molecule has 2 aliphatic heterocycles. The summed E-state index contributed by atoms with van der Waals surface area (Å²) >= 11 is 0. The molecule has 0 radical (unpaired) electrons. The summed E-state index contributed by atoms with van der Waals surface area (Å²) in [4.78, 5) is 95.0. The van der Waals surface area contributed by atoms with E-state index in [2.05, 4.69) is 31.9 Å². The molecule has 5 aliphatic rings. The van der Waals surface area contributed by atoms with E-state index in [1.807, 2.05) is 27.7 Å². The fourth-order valence-corrected chi connectivity index (χ4v) is 8.10. The van der Waals surface area contributed by atoms with E-state index in [0.717, 1.165) is 64.2 Å². The number of Topliss-reactive ketones (excluding diaryl/α,β-unsaturated/α-hetero) is 1. The minimum absolute atomic E-state index is 0.00720. The van der Waals surface area contributed by atoms with Crippen molar-refractivity contribution in [3.63, 3.8) is 0 Å². The summed E-state index contributed by atoms with van der Waals surface area (Å²) < 4.78 is 0. The van der Waals surface area contributed by atoms with Crippen LogP contribution in [0.2, 0.25) is 0 Å². The van der Waals surface area contributed by atoms with Crippen molar-refractivity contribution in [3.8, 4) is 0 Å². The van der Waals surface area contributed by atoms with Crippen molar-refractivity contribution < 1.29 is 33.6 Å². The predicted molar refractivity (Wildman–Crippen MR) is 180 cm³/mol. The average molecular weight is 686 g/mol. The number of carbonyl (C=O) groups excluding carboxylic acids is 7. The third-order valence-electron chi connectivity index (χ3n) is 11.0. The summed E-state index contributed by atoms with van der Waals surface area (Å²) in [5.41, 5.74) is -0.752. The summed E-state index contributed by atoms with van der Waals surface area (Å²) in [5, 5.41) is 16.6. The van der Waals surface area contributed by atoms with Crippen LogP contribution in [0.3, 0.4) is 0 Å². The zero-order valence-electron chi connectivity index (χ0n) is 29.4. The smallest absolute Gasteiger partial charge is 0.315 e. The molecule has 5 rings (SSSR count). The molecular weight excluding hydrogens is 630 g/mol. The van der Waals surface area contributed by atoms with E-state index in [-0.39, 0.29) is 36.2 Å². The largest absolute Gasteiger partial charge is 0.347 e. The Hall–Kier alpha value is -3.71. The number of likely N-dealkylation sites (tertiary alicyclic amines) is 1. The van der Waals surface area contributed by atoms with Gasteiger partial charge in [0.1, 0.15) is 24.2 Å². The molecular formula is C35H55N7O7. The van der Waals surface area contributed by atoms with E-state index in [0.29, 0.717) is 19.4 Å². The first-order valence-electron chi connectivity index (χ1n) is 18.4. The Morgan fingerprint density at radius 3 is 2.20 bits per heavy atom. The van der Waals surface area contributed by atoms with E-state index in [1.54, 1.807) is 4.90 Å². The van der Waals surface area contributed by atoms with Gasteiger partial charge in [-0.15, -0.1) is 0 Å². The van der Waals surface area contributed by atoms with Crippen LogP contribution in [0.15, 0.2) is 0 Å². The number of fused-ring (bicyclic) bond motifs is 1. The first-order chi connectivity index (χ1) is 23.3. The molecule has 7 atom stereocenters. The van der Waals surface area contributed by atoms with Gasteiger partial charge in [0, 0.05) is 19.1 Å². The van der Waals surface area contributed by atoms with Crippen LogP contribution in [-0.2, 0) is 28.8 Å². The molecule has 0 aromatic heterocycles. The molecule has 272 valence electrons. The van der Waals surface area contributed by atoms with E-state index >= 15 is 0 Å². The highest BCUT2D eigenvalue weighted by molar-refractivity contribution is 6.38. The number of rotatable bonds is 13. The van der Waals surface area contributed by atoms with Gasteiger partial charge in [0.2, 0.25) is 29.4 Å². The van der Waals surface area contributed by atoms with Gasteiger partial charge in [-0.25, -0.2) is 4.79 Å². The second-order valence-corrected chi connectivity index (χ2v) is 15.9. The van der Waals surface area contributed by atoms with Crippen LogP contribution >= 0.6 is 0 Å². The fourth-order valence-electron chi connectivity index (χ4n) is 8.10. The SMILES string of the molecule is CCC[C@H](NC(=O)[C@@H]1[C@H]2CCC[C@H]2CN1C(=O)[C@@H](NC(=O)[C@@H](NC(=O)[C@@H]1CNC(=O)N1)C1CCCCC1)C(C)(C)C)C(=O)C(=O)NC1CC1. The van der Waals surface area contributed by atoms with Crippen molar-refractivity contribution in [1.82, 2.24) is 36.8 Å². The number of hydrogen-bond acceptors (Lipinski definition) is 7. The average Bonchev–Trinajstić information content (AvgIpc) is 3.40. The summed E-state index contributed by atoms with van der Waals surface area (Å²) in [7, 11) is 0. The highest BCUT2D eigenvalue weighted by atomic mass is 16.2. The van der Waals surface area contributed by atoms with Gasteiger partial charge >= 0.3 is 6.03 Å². The summed E-state index contributed by atoms with van der Waals surface area (Å²) in [6.45, 7) is 7.90. The Balaban J connectivity index is 1.34. The summed E-state index contributed by atoms with van der Waals surface area (Å²) in [6.07, 6.45) is 9.48. The number of amides is 7. The van der Waals surface area contributed by atoms with Crippen LogP contribution in [-0.4, -0.2) is 95.6 Å². The molecule has 0 aromatic rings. The number of nitrogens with one attached hydrogen (secondary N) is 6. The van der Waals surface area contributed by atoms with Crippen molar-refractivity contribution in [2.75, 3.05) is 13.1 Å². The van der Waals surface area contributed by atoms with Crippen LogP contribution in [0.25, 0.3) is 0 Å². The van der Waals surface area contributed by atoms with Crippen molar-refractivity contribution >= 4 is 41.4 Å². The topological polar surface area (TPSA) is 195 Å². The maximum absolute atomic E-state index is 14.6. The molecule has 0 aromatic carbocycles. The maximum atomic E-state index is 14.6. The molecule has 14 heteroatoms. The molecule has 14 nitrogen and oxygen atoms in total. The van der Waals surface area contributed by atoms with Gasteiger partial charge in [-0.2, -0.15) is 0 Å². The minimum atomic E-state index is -1.01. The summed E-state index contributed by atoms with van der Waals surface area (Å²) in [6, 6.07) is -4.99. The van der Waals surface area contributed by atoms with Gasteiger partial charge in [0.05, 0.1) is 6.04 Å². The van der Waals surface area contributed by atoms with Crippen LogP contribution in [0.5, 0.6) is 0 Å². The van der Waals surface area contributed by atoms with Gasteiger partial charge in [-0.05, 0) is 68.1 Å². The molecule has 3 aliphatic carbocycles. The molecule has 2 saturated heterocycles. The molecule has 6 N–H and O–H groups in total. The fraction of sp³-hybridized carbons (Fsp3) is 0.800. The van der Waals surface area contributed by atoms with Crippen molar-refractivity contribution in [3.05, 3.63) is 0 Å². The Labute approximate surface area is 288 Å². The zero-order valence-corrected chi connectivity index (χ0v) is 29.4. The monoisotopic (exact) mass is 685 g/mol. The quantitative estimate of drug-likeness (QED) is 0.156. The molecule has 0 unspecified atom stereocenters. The van der Waals surface area contributed by atoms with Gasteiger partial charge in [0.25, 0.3) is 5.91 Å². The summed E-state index contributed by atoms with van der Waals surface area (Å²) in [5.74, 6) is -3.26. The Morgan fingerprint density at radius 1 is 0.878 bits per heavy atom. The minimum Gasteiger partial charge on any atom is -0.347 e. The lowest BCUT2D eigenvalue weighted by Crippen LogP contribution is -2.63.